The van der Waals surface area contributed by atoms with Gasteiger partial charge in [0.25, 0.3) is 0 Å². The summed E-state index contributed by atoms with van der Waals surface area (Å²) in [5.41, 5.74) is 0. The number of ether oxygens (including phenoxy) is 3. The van der Waals surface area contributed by atoms with Crippen molar-refractivity contribution in [3.8, 4) is 0 Å². The molecule has 1 unspecified atom stereocenters. The van der Waals surface area contributed by atoms with Crippen molar-refractivity contribution in [1.29, 1.82) is 0 Å². The first-order valence-corrected chi connectivity index (χ1v) is 32.0. The van der Waals surface area contributed by atoms with Crippen LogP contribution in [0.3, 0.4) is 0 Å². The topological polar surface area (TPSA) is 78.9 Å². The lowest BCUT2D eigenvalue weighted by atomic mass is 10.1. The largest absolute Gasteiger partial charge is 0.462 e. The number of esters is 3. The molecule has 6 nitrogen and oxygen atoms in total. The fraction of sp³-hybridized carbons (Fsp3) is 0.603. The van der Waals surface area contributed by atoms with E-state index in [-0.39, 0.29) is 31.1 Å². The van der Waals surface area contributed by atoms with Crippen LogP contribution >= 0.6 is 0 Å². The molecule has 444 valence electrons. The lowest BCUT2D eigenvalue weighted by Gasteiger charge is -2.18. The lowest BCUT2D eigenvalue weighted by Crippen LogP contribution is -2.30. The Kier molecular flexibility index (Phi) is 61.4. The van der Waals surface area contributed by atoms with Gasteiger partial charge in [0, 0.05) is 19.3 Å². The first-order valence-electron chi connectivity index (χ1n) is 32.0. The van der Waals surface area contributed by atoms with Gasteiger partial charge in [0.15, 0.2) is 6.10 Å². The molecule has 0 aliphatic carbocycles. The van der Waals surface area contributed by atoms with Crippen LogP contribution in [-0.4, -0.2) is 37.2 Å². The van der Waals surface area contributed by atoms with E-state index in [1.807, 2.05) is 0 Å². The zero-order valence-electron chi connectivity index (χ0n) is 50.8. The van der Waals surface area contributed by atoms with E-state index in [9.17, 15) is 14.4 Å². The molecule has 79 heavy (non-hydrogen) atoms. The molecule has 0 spiro atoms. The maximum absolute atomic E-state index is 12.8. The number of rotatable bonds is 56. The predicted molar refractivity (Wildman–Crippen MR) is 343 cm³/mol. The lowest BCUT2D eigenvalue weighted by molar-refractivity contribution is -0.167. The number of hydrogen-bond acceptors (Lipinski definition) is 6. The molecule has 0 saturated carbocycles. The number of hydrogen-bond donors (Lipinski definition) is 0. The molecule has 0 heterocycles. The van der Waals surface area contributed by atoms with Gasteiger partial charge in [-0.2, -0.15) is 0 Å². The molecule has 1 atom stereocenters. The zero-order valence-corrected chi connectivity index (χ0v) is 50.8. The third-order valence-corrected chi connectivity index (χ3v) is 13.0. The van der Waals surface area contributed by atoms with E-state index in [0.717, 1.165) is 161 Å². The predicted octanol–water partition coefficient (Wildman–Crippen LogP) is 22.1. The first-order chi connectivity index (χ1) is 39.0. The Hall–Kier alpha value is -4.97. The minimum Gasteiger partial charge on any atom is -0.462 e. The molecule has 0 aromatic carbocycles. The van der Waals surface area contributed by atoms with Gasteiger partial charge in [-0.05, 0) is 128 Å². The summed E-state index contributed by atoms with van der Waals surface area (Å²) in [7, 11) is 0. The summed E-state index contributed by atoms with van der Waals surface area (Å²) < 4.78 is 16.8. The van der Waals surface area contributed by atoms with Crippen LogP contribution < -0.4 is 0 Å². The molecule has 0 rings (SSSR count). The summed E-state index contributed by atoms with van der Waals surface area (Å²) in [5, 5.41) is 0. The van der Waals surface area contributed by atoms with Gasteiger partial charge in [0.05, 0.1) is 0 Å². The Morgan fingerprint density at radius 2 is 0.494 bits per heavy atom. The van der Waals surface area contributed by atoms with E-state index in [2.05, 4.69) is 179 Å². The van der Waals surface area contributed by atoms with Crippen LogP contribution in [0.1, 0.15) is 265 Å². The molecule has 0 aliphatic heterocycles. The van der Waals surface area contributed by atoms with E-state index in [0.29, 0.717) is 19.3 Å². The van der Waals surface area contributed by atoms with Crippen molar-refractivity contribution < 1.29 is 28.6 Å². The number of allylic oxidation sites excluding steroid dienone is 26. The zero-order chi connectivity index (χ0) is 57.1. The monoisotopic (exact) mass is 1090 g/mol. The molecule has 0 saturated heterocycles. The van der Waals surface area contributed by atoms with E-state index in [4.69, 9.17) is 14.2 Å². The summed E-state index contributed by atoms with van der Waals surface area (Å²) in [6.45, 7) is 6.35. The van der Waals surface area contributed by atoms with Crippen molar-refractivity contribution in [2.75, 3.05) is 13.2 Å². The number of carbonyl (C=O) groups is 3. The molecule has 0 bridgehead atoms. The van der Waals surface area contributed by atoms with Crippen molar-refractivity contribution in [3.63, 3.8) is 0 Å². The van der Waals surface area contributed by atoms with Crippen LogP contribution in [0.5, 0.6) is 0 Å². The molecular formula is C73H116O6. The second kappa shape index (κ2) is 65.5. The molecule has 0 amide bonds. The van der Waals surface area contributed by atoms with Crippen molar-refractivity contribution in [1.82, 2.24) is 0 Å². The van der Waals surface area contributed by atoms with Crippen molar-refractivity contribution in [2.45, 2.75) is 271 Å². The smallest absolute Gasteiger partial charge is 0.306 e. The number of carbonyl (C=O) groups excluding carboxylic acids is 3. The van der Waals surface area contributed by atoms with Crippen molar-refractivity contribution in [2.24, 2.45) is 0 Å². The van der Waals surface area contributed by atoms with E-state index in [1.165, 1.54) is 64.2 Å². The SMILES string of the molecule is CC/C=C\C/C=C\C/C=C\C/C=C\C/C=C\C/C=C\C/C=C\C/C=C\C/C=C\CCCCCCCCCC(=O)OCC(COC(=O)CCCCCCCCCCC)OC(=O)CCCCCC/C=C\C/C=C\C/C=C\C/C=C\CC. The molecule has 6 heteroatoms. The Balaban J connectivity index is 4.24. The van der Waals surface area contributed by atoms with Crippen LogP contribution in [0.15, 0.2) is 158 Å². The molecular weight excluding hydrogens is 973 g/mol. The maximum atomic E-state index is 12.8. The van der Waals surface area contributed by atoms with Gasteiger partial charge in [-0.1, -0.05) is 275 Å². The van der Waals surface area contributed by atoms with Gasteiger partial charge in [-0.3, -0.25) is 14.4 Å². The number of unbranched alkanes of at least 4 members (excludes halogenated alkanes) is 19. The van der Waals surface area contributed by atoms with Gasteiger partial charge in [-0.25, -0.2) is 0 Å². The second-order valence-electron chi connectivity index (χ2n) is 20.6. The summed E-state index contributed by atoms with van der Waals surface area (Å²) in [4.78, 5) is 38.1. The minimum atomic E-state index is -0.800. The summed E-state index contributed by atoms with van der Waals surface area (Å²) in [6, 6.07) is 0. The molecule has 0 aromatic rings. The highest BCUT2D eigenvalue weighted by Crippen LogP contribution is 2.14. The van der Waals surface area contributed by atoms with Crippen molar-refractivity contribution >= 4 is 17.9 Å². The quantitative estimate of drug-likeness (QED) is 0.0261. The Bertz CT molecular complexity index is 1780. The Morgan fingerprint density at radius 3 is 0.772 bits per heavy atom. The van der Waals surface area contributed by atoms with Crippen LogP contribution in [0, 0.1) is 0 Å². The fourth-order valence-electron chi connectivity index (χ4n) is 8.31. The van der Waals surface area contributed by atoms with E-state index in [1.54, 1.807) is 0 Å². The van der Waals surface area contributed by atoms with Crippen LogP contribution in [0.25, 0.3) is 0 Å². The van der Waals surface area contributed by atoms with Crippen LogP contribution in [0.4, 0.5) is 0 Å². The van der Waals surface area contributed by atoms with Crippen LogP contribution in [-0.2, 0) is 28.6 Å². The van der Waals surface area contributed by atoms with Crippen LogP contribution in [0.2, 0.25) is 0 Å². The second-order valence-corrected chi connectivity index (χ2v) is 20.6. The molecule has 0 N–H and O–H groups in total. The highest BCUT2D eigenvalue weighted by atomic mass is 16.6. The van der Waals surface area contributed by atoms with E-state index >= 15 is 0 Å². The summed E-state index contributed by atoms with van der Waals surface area (Å²) >= 11 is 0. The third kappa shape index (κ3) is 63.7. The standard InChI is InChI=1S/C73H116O6/c1-4-7-10-13-16-19-21-23-25-27-28-29-30-31-32-33-34-35-36-37-38-39-40-41-42-43-44-46-47-49-51-54-57-60-63-66-72(75)78-69-70(68-77-71(74)65-62-59-56-53-18-15-12-9-6-3)79-73(76)67-64-61-58-55-52-50-48-45-26-24-22-20-17-14-11-8-5-2/h7-8,10-11,16-17,19-20,23-26,28-29,31-32,34-35,37-38,40-41,43-44,48,50,70H,4-6,9,12-15,18,21-22,27,30,33,36,39,42,45-47,49,51-69H2,1-3H3/b10-7-,11-8-,19-16-,20-17-,25-23-,26-24-,29-28-,32-31-,35-34-,38-37-,41-40-,44-43-,50-48-. The van der Waals surface area contributed by atoms with Crippen molar-refractivity contribution in [3.05, 3.63) is 158 Å². The van der Waals surface area contributed by atoms with Gasteiger partial charge < -0.3 is 14.2 Å². The Morgan fingerprint density at radius 1 is 0.266 bits per heavy atom. The summed E-state index contributed by atoms with van der Waals surface area (Å²) in [6.07, 6.45) is 95.5. The minimum absolute atomic E-state index is 0.0951. The molecule has 0 radical (unpaired) electrons. The van der Waals surface area contributed by atoms with Gasteiger partial charge in [0.2, 0.25) is 0 Å². The average Bonchev–Trinajstić information content (AvgIpc) is 3.45. The maximum Gasteiger partial charge on any atom is 0.306 e. The first kappa shape index (κ1) is 74.0. The van der Waals surface area contributed by atoms with Gasteiger partial charge in [0.1, 0.15) is 13.2 Å². The molecule has 0 fully saturated rings. The molecule has 0 aliphatic rings. The van der Waals surface area contributed by atoms with Gasteiger partial charge >= 0.3 is 17.9 Å². The van der Waals surface area contributed by atoms with Gasteiger partial charge in [-0.15, -0.1) is 0 Å². The normalized spacial score (nSPS) is 13.2. The summed E-state index contributed by atoms with van der Waals surface area (Å²) in [5.74, 6) is -0.937. The fourth-order valence-corrected chi connectivity index (χ4v) is 8.31. The third-order valence-electron chi connectivity index (χ3n) is 13.0. The average molecular weight is 1090 g/mol. The highest BCUT2D eigenvalue weighted by molar-refractivity contribution is 5.71. The Labute approximate surface area is 486 Å². The van der Waals surface area contributed by atoms with E-state index < -0.39 is 6.10 Å². The highest BCUT2D eigenvalue weighted by Gasteiger charge is 2.19. The molecule has 0 aromatic heterocycles.